The number of carbonyl (C=O) groups excluding carboxylic acids is 2. The van der Waals surface area contributed by atoms with Gasteiger partial charge in [0.1, 0.15) is 0 Å². The highest BCUT2D eigenvalue weighted by molar-refractivity contribution is 5.93. The molecule has 0 saturated heterocycles. The van der Waals surface area contributed by atoms with Crippen LogP contribution in [-0.2, 0) is 12.8 Å². The highest BCUT2D eigenvalue weighted by Gasteiger charge is 2.20. The van der Waals surface area contributed by atoms with Crippen molar-refractivity contribution in [3.05, 3.63) is 95.1 Å². The van der Waals surface area contributed by atoms with Crippen molar-refractivity contribution >= 4 is 11.9 Å². The van der Waals surface area contributed by atoms with E-state index in [1.165, 1.54) is 0 Å². The molecule has 0 radical (unpaired) electrons. The van der Waals surface area contributed by atoms with Gasteiger partial charge < -0.3 is 9.47 Å². The topological polar surface area (TPSA) is 52.6 Å². The number of esters is 2. The normalized spacial score (nSPS) is 10.4. The van der Waals surface area contributed by atoms with Gasteiger partial charge in [0.05, 0.1) is 11.1 Å². The first-order valence-electron chi connectivity index (χ1n) is 9.32. The van der Waals surface area contributed by atoms with E-state index >= 15 is 0 Å². The second-order valence-electron chi connectivity index (χ2n) is 6.30. The summed E-state index contributed by atoms with van der Waals surface area (Å²) in [5, 5.41) is 0. The highest BCUT2D eigenvalue weighted by Crippen LogP contribution is 2.35. The lowest BCUT2D eigenvalue weighted by Gasteiger charge is -2.16. The van der Waals surface area contributed by atoms with Crippen LogP contribution in [0.3, 0.4) is 0 Å². The van der Waals surface area contributed by atoms with Gasteiger partial charge in [0.2, 0.25) is 0 Å². The van der Waals surface area contributed by atoms with Crippen LogP contribution in [0.1, 0.15) is 45.7 Å². The third-order valence-corrected chi connectivity index (χ3v) is 4.40. The van der Waals surface area contributed by atoms with Crippen molar-refractivity contribution in [1.29, 1.82) is 0 Å². The van der Waals surface area contributed by atoms with E-state index in [4.69, 9.17) is 9.47 Å². The zero-order valence-corrected chi connectivity index (χ0v) is 16.0. The smallest absolute Gasteiger partial charge is 0.343 e. The predicted molar refractivity (Wildman–Crippen MR) is 108 cm³/mol. The molecule has 0 unspecified atom stereocenters. The van der Waals surface area contributed by atoms with Crippen molar-refractivity contribution in [3.8, 4) is 11.5 Å². The molecule has 0 aromatic heterocycles. The number of carbonyl (C=O) groups is 2. The molecule has 0 aliphatic heterocycles. The molecule has 3 rings (SSSR count). The molecular formula is C24H22O4. The van der Waals surface area contributed by atoms with Crippen molar-refractivity contribution in [2.75, 3.05) is 0 Å². The van der Waals surface area contributed by atoms with Crippen LogP contribution in [0, 0.1) is 0 Å². The molecule has 0 atom stereocenters. The van der Waals surface area contributed by atoms with Gasteiger partial charge in [-0.05, 0) is 54.3 Å². The van der Waals surface area contributed by atoms with Gasteiger partial charge in [-0.2, -0.15) is 0 Å². The molecule has 28 heavy (non-hydrogen) atoms. The summed E-state index contributed by atoms with van der Waals surface area (Å²) in [5.74, 6) is -0.434. The van der Waals surface area contributed by atoms with Gasteiger partial charge in [0.25, 0.3) is 0 Å². The zero-order chi connectivity index (χ0) is 19.9. The third kappa shape index (κ3) is 4.46. The summed E-state index contributed by atoms with van der Waals surface area (Å²) < 4.78 is 11.3. The molecule has 142 valence electrons. The van der Waals surface area contributed by atoms with Crippen LogP contribution in [0.15, 0.2) is 72.8 Å². The van der Waals surface area contributed by atoms with E-state index < -0.39 is 11.9 Å². The fourth-order valence-electron chi connectivity index (χ4n) is 2.84. The standard InChI is InChI=1S/C24H22O4/c1-3-17-15-18(4-2)22(28-24(26)20-13-9-6-10-14-20)21(16-17)27-23(25)19-11-7-5-8-12-19/h5-16H,3-4H2,1-2H3. The fourth-order valence-corrected chi connectivity index (χ4v) is 2.84. The maximum absolute atomic E-state index is 12.6. The molecule has 0 bridgehead atoms. The molecule has 0 aliphatic carbocycles. The SMILES string of the molecule is CCc1cc(CC)c(OC(=O)c2ccccc2)c(OC(=O)c2ccccc2)c1. The highest BCUT2D eigenvalue weighted by atomic mass is 16.6. The van der Waals surface area contributed by atoms with Crippen molar-refractivity contribution in [2.24, 2.45) is 0 Å². The summed E-state index contributed by atoms with van der Waals surface area (Å²) >= 11 is 0. The zero-order valence-electron chi connectivity index (χ0n) is 16.0. The summed E-state index contributed by atoms with van der Waals surface area (Å²) in [4.78, 5) is 25.1. The van der Waals surface area contributed by atoms with Crippen molar-refractivity contribution in [1.82, 2.24) is 0 Å². The number of aryl methyl sites for hydroxylation is 2. The molecule has 0 amide bonds. The maximum atomic E-state index is 12.6. The molecule has 0 saturated carbocycles. The fraction of sp³-hybridized carbons (Fsp3) is 0.167. The lowest BCUT2D eigenvalue weighted by molar-refractivity contribution is 0.0681. The molecule has 0 aliphatic rings. The van der Waals surface area contributed by atoms with E-state index in [2.05, 4.69) is 0 Å². The van der Waals surface area contributed by atoms with Gasteiger partial charge in [-0.15, -0.1) is 0 Å². The number of benzene rings is 3. The minimum Gasteiger partial charge on any atom is -0.419 e. The van der Waals surface area contributed by atoms with Crippen LogP contribution in [0.5, 0.6) is 11.5 Å². The van der Waals surface area contributed by atoms with Crippen molar-refractivity contribution in [3.63, 3.8) is 0 Å². The van der Waals surface area contributed by atoms with Crippen LogP contribution >= 0.6 is 0 Å². The average molecular weight is 374 g/mol. The van der Waals surface area contributed by atoms with Crippen LogP contribution < -0.4 is 9.47 Å². The quantitative estimate of drug-likeness (QED) is 0.437. The van der Waals surface area contributed by atoms with Crippen LogP contribution in [0.2, 0.25) is 0 Å². The summed E-state index contributed by atoms with van der Waals surface area (Å²) in [6.07, 6.45) is 1.41. The van der Waals surface area contributed by atoms with Gasteiger partial charge in [0.15, 0.2) is 11.5 Å². The molecular weight excluding hydrogens is 352 g/mol. The predicted octanol–water partition coefficient (Wildman–Crippen LogP) is 5.25. The first kappa shape index (κ1) is 19.4. The molecule has 3 aromatic carbocycles. The second-order valence-corrected chi connectivity index (χ2v) is 6.30. The largest absolute Gasteiger partial charge is 0.419 e. The number of ether oxygens (including phenoxy) is 2. The van der Waals surface area contributed by atoms with Gasteiger partial charge in [-0.1, -0.05) is 56.3 Å². The Morgan fingerprint density at radius 2 is 1.25 bits per heavy atom. The Labute approximate surface area is 164 Å². The Morgan fingerprint density at radius 3 is 1.75 bits per heavy atom. The minimum absolute atomic E-state index is 0.259. The Hall–Kier alpha value is -3.40. The van der Waals surface area contributed by atoms with E-state index in [-0.39, 0.29) is 11.5 Å². The molecule has 0 N–H and O–H groups in total. The Kier molecular flexibility index (Phi) is 6.22. The lowest BCUT2D eigenvalue weighted by Crippen LogP contribution is -2.14. The molecule has 0 spiro atoms. The molecule has 3 aromatic rings. The summed E-state index contributed by atoms with van der Waals surface area (Å²) in [6, 6.07) is 21.2. The number of rotatable bonds is 6. The molecule has 4 nitrogen and oxygen atoms in total. The first-order valence-corrected chi connectivity index (χ1v) is 9.32. The maximum Gasteiger partial charge on any atom is 0.343 e. The van der Waals surface area contributed by atoms with Gasteiger partial charge in [-0.25, -0.2) is 9.59 Å². The Bertz CT molecular complexity index is 963. The number of hydrogen-bond donors (Lipinski definition) is 0. The molecule has 4 heteroatoms. The van der Waals surface area contributed by atoms with Crippen LogP contribution in [-0.4, -0.2) is 11.9 Å². The monoisotopic (exact) mass is 374 g/mol. The van der Waals surface area contributed by atoms with E-state index in [0.29, 0.717) is 17.5 Å². The molecule has 0 fully saturated rings. The van der Waals surface area contributed by atoms with E-state index in [1.807, 2.05) is 32.0 Å². The Morgan fingerprint density at radius 1 is 0.714 bits per heavy atom. The second kappa shape index (κ2) is 9.00. The molecule has 0 heterocycles. The average Bonchev–Trinajstić information content (AvgIpc) is 2.75. The van der Waals surface area contributed by atoms with Crippen LogP contribution in [0.25, 0.3) is 0 Å². The summed E-state index contributed by atoms with van der Waals surface area (Å²) in [6.45, 7) is 3.99. The van der Waals surface area contributed by atoms with E-state index in [9.17, 15) is 9.59 Å². The Balaban J connectivity index is 1.97. The van der Waals surface area contributed by atoms with Crippen molar-refractivity contribution in [2.45, 2.75) is 26.7 Å². The van der Waals surface area contributed by atoms with Gasteiger partial charge in [0, 0.05) is 0 Å². The third-order valence-electron chi connectivity index (χ3n) is 4.40. The summed E-state index contributed by atoms with van der Waals surface area (Å²) in [7, 11) is 0. The van der Waals surface area contributed by atoms with E-state index in [1.54, 1.807) is 54.6 Å². The van der Waals surface area contributed by atoms with Crippen LogP contribution in [0.4, 0.5) is 0 Å². The van der Waals surface area contributed by atoms with Gasteiger partial charge in [-0.3, -0.25) is 0 Å². The van der Waals surface area contributed by atoms with Crippen molar-refractivity contribution < 1.29 is 19.1 Å². The summed E-state index contributed by atoms with van der Waals surface area (Å²) in [5.41, 5.74) is 2.69. The number of hydrogen-bond acceptors (Lipinski definition) is 4. The first-order chi connectivity index (χ1) is 13.6. The van der Waals surface area contributed by atoms with E-state index in [0.717, 1.165) is 17.5 Å². The van der Waals surface area contributed by atoms with Gasteiger partial charge >= 0.3 is 11.9 Å². The minimum atomic E-state index is -0.493. The lowest BCUT2D eigenvalue weighted by atomic mass is 10.0.